The van der Waals surface area contributed by atoms with E-state index in [2.05, 4.69) is 15.9 Å². The van der Waals surface area contributed by atoms with E-state index in [4.69, 9.17) is 5.73 Å². The van der Waals surface area contributed by atoms with Crippen molar-refractivity contribution in [3.8, 4) is 0 Å². The minimum atomic E-state index is -1.38. The van der Waals surface area contributed by atoms with Crippen LogP contribution in [0.5, 0.6) is 0 Å². The molecular weight excluding hydrogens is 312 g/mol. The Bertz CT molecular complexity index is 577. The van der Waals surface area contributed by atoms with Crippen LogP contribution in [0.4, 0.5) is 0 Å². The zero-order chi connectivity index (χ0) is 13.8. The van der Waals surface area contributed by atoms with E-state index >= 15 is 0 Å². The molecule has 0 spiro atoms. The lowest BCUT2D eigenvalue weighted by molar-refractivity contribution is -0.184. The molecule has 3 unspecified atom stereocenters. The first-order chi connectivity index (χ1) is 9.00. The smallest absolute Gasteiger partial charge is 0.312 e. The number of fused-ring (bicyclic) bond motifs is 3. The van der Waals surface area contributed by atoms with Crippen LogP contribution in [0, 0.1) is 5.92 Å². The molecule has 0 radical (unpaired) electrons. The van der Waals surface area contributed by atoms with E-state index in [9.17, 15) is 14.7 Å². The van der Waals surface area contributed by atoms with Gasteiger partial charge in [-0.15, -0.1) is 0 Å². The molecule has 1 aromatic carbocycles. The highest BCUT2D eigenvalue weighted by Gasteiger charge is 2.63. The van der Waals surface area contributed by atoms with E-state index in [0.29, 0.717) is 12.8 Å². The predicted molar refractivity (Wildman–Crippen MR) is 71.4 cm³/mol. The van der Waals surface area contributed by atoms with Gasteiger partial charge >= 0.3 is 5.97 Å². The number of carboxylic acid groups (broad SMARTS) is 1. The topological polar surface area (TPSA) is 83.6 Å². The van der Waals surface area contributed by atoms with Crippen LogP contribution in [0.25, 0.3) is 0 Å². The lowest BCUT2D eigenvalue weighted by Gasteiger charge is -2.60. The highest BCUT2D eigenvalue weighted by molar-refractivity contribution is 9.10. The quantitative estimate of drug-likeness (QED) is 0.790. The molecule has 1 saturated heterocycles. The highest BCUT2D eigenvalue weighted by Crippen LogP contribution is 2.52. The molecule has 100 valence electrons. The number of benzene rings is 1. The third kappa shape index (κ3) is 1.54. The van der Waals surface area contributed by atoms with Gasteiger partial charge in [0.25, 0.3) is 0 Å². The second-order valence-corrected chi connectivity index (χ2v) is 5.87. The van der Waals surface area contributed by atoms with Gasteiger partial charge in [-0.2, -0.15) is 0 Å². The van der Waals surface area contributed by atoms with Gasteiger partial charge in [0.05, 0.1) is 6.04 Å². The van der Waals surface area contributed by atoms with Crippen molar-refractivity contribution in [2.45, 2.75) is 18.1 Å². The summed E-state index contributed by atoms with van der Waals surface area (Å²) in [7, 11) is 0. The Morgan fingerprint density at radius 3 is 2.95 bits per heavy atom. The fourth-order valence-electron chi connectivity index (χ4n) is 3.27. The van der Waals surface area contributed by atoms with Gasteiger partial charge in [-0.3, -0.25) is 14.5 Å². The molecule has 0 saturated carbocycles. The number of hydrogen-bond acceptors (Lipinski definition) is 4. The number of carbonyl (C=O) groups excluding carboxylic acids is 1. The van der Waals surface area contributed by atoms with Gasteiger partial charge in [0.2, 0.25) is 0 Å². The van der Waals surface area contributed by atoms with E-state index in [1.54, 1.807) is 4.90 Å². The monoisotopic (exact) mass is 324 g/mol. The second-order valence-electron chi connectivity index (χ2n) is 5.02. The maximum atomic E-state index is 11.4. The van der Waals surface area contributed by atoms with E-state index in [1.165, 1.54) is 0 Å². The van der Waals surface area contributed by atoms with Crippen molar-refractivity contribution < 1.29 is 14.7 Å². The first kappa shape index (κ1) is 12.8. The molecular formula is C13H13BrN2O3. The maximum absolute atomic E-state index is 11.4. The van der Waals surface area contributed by atoms with Gasteiger partial charge < -0.3 is 10.8 Å². The summed E-state index contributed by atoms with van der Waals surface area (Å²) in [6.07, 6.45) is 1.32. The Morgan fingerprint density at radius 2 is 2.32 bits per heavy atom. The minimum Gasteiger partial charge on any atom is -0.481 e. The van der Waals surface area contributed by atoms with Crippen LogP contribution in [-0.2, 0) is 16.0 Å². The summed E-state index contributed by atoms with van der Waals surface area (Å²) in [6.45, 7) is 0.597. The van der Waals surface area contributed by atoms with Crippen LogP contribution >= 0.6 is 15.9 Å². The molecule has 1 aromatic rings. The fraction of sp³-hybridized carbons (Fsp3) is 0.385. The van der Waals surface area contributed by atoms with Crippen LogP contribution < -0.4 is 5.73 Å². The van der Waals surface area contributed by atoms with E-state index in [0.717, 1.165) is 22.0 Å². The van der Waals surface area contributed by atoms with Crippen molar-refractivity contribution in [3.63, 3.8) is 0 Å². The van der Waals surface area contributed by atoms with Crippen LogP contribution in [-0.4, -0.2) is 34.5 Å². The Kier molecular flexibility index (Phi) is 2.78. The molecule has 3 rings (SSSR count). The molecule has 3 N–H and O–H groups in total. The predicted octanol–water partition coefficient (Wildman–Crippen LogP) is 0.917. The van der Waals surface area contributed by atoms with Gasteiger partial charge in [-0.1, -0.05) is 28.1 Å². The molecule has 2 aliphatic heterocycles. The summed E-state index contributed by atoms with van der Waals surface area (Å²) in [4.78, 5) is 24.4. The largest absolute Gasteiger partial charge is 0.481 e. The first-order valence-corrected chi connectivity index (χ1v) is 6.82. The molecule has 19 heavy (non-hydrogen) atoms. The van der Waals surface area contributed by atoms with Gasteiger partial charge in [-0.05, 0) is 23.6 Å². The molecule has 3 atom stereocenters. The third-order valence-corrected chi connectivity index (χ3v) is 4.92. The Labute approximate surface area is 118 Å². The zero-order valence-electron chi connectivity index (χ0n) is 10.0. The van der Waals surface area contributed by atoms with Crippen molar-refractivity contribution in [1.82, 2.24) is 4.90 Å². The Balaban J connectivity index is 2.10. The molecule has 0 aliphatic carbocycles. The number of nitrogens with zero attached hydrogens (tertiary/aromatic N) is 1. The normalized spacial score (nSPS) is 32.9. The standard InChI is InChI=1S/C13H13BrN2O3/c14-9-3-1-2-8-7(9)4-5-16-11(8)10(12(18)19)13(16,15)6-17/h1-3,6,10-11H,4-5,15H2,(H,18,19). The van der Waals surface area contributed by atoms with Crippen molar-refractivity contribution in [3.05, 3.63) is 33.8 Å². The molecule has 2 aliphatic rings. The van der Waals surface area contributed by atoms with Crippen molar-refractivity contribution >= 4 is 28.2 Å². The summed E-state index contributed by atoms with van der Waals surface area (Å²) in [5.74, 6) is -1.91. The molecule has 0 aromatic heterocycles. The molecule has 6 heteroatoms. The van der Waals surface area contributed by atoms with Crippen LogP contribution in [0.1, 0.15) is 17.2 Å². The third-order valence-electron chi connectivity index (χ3n) is 4.18. The SMILES string of the molecule is NC1(C=O)C(C(=O)O)C2c3cccc(Br)c3CCN21. The number of aliphatic carboxylic acids is 1. The van der Waals surface area contributed by atoms with Gasteiger partial charge in [0, 0.05) is 11.0 Å². The average Bonchev–Trinajstić information content (AvgIpc) is 2.37. The van der Waals surface area contributed by atoms with Gasteiger partial charge in [0.15, 0.2) is 6.29 Å². The van der Waals surface area contributed by atoms with Crippen molar-refractivity contribution in [1.29, 1.82) is 0 Å². The number of aldehydes is 1. The average molecular weight is 325 g/mol. The minimum absolute atomic E-state index is 0.311. The maximum Gasteiger partial charge on any atom is 0.312 e. The Hall–Kier alpha value is -1.24. The molecule has 1 fully saturated rings. The number of rotatable bonds is 2. The van der Waals surface area contributed by atoms with Crippen LogP contribution in [0.2, 0.25) is 0 Å². The number of hydrogen-bond donors (Lipinski definition) is 2. The second kappa shape index (κ2) is 4.13. The number of carboxylic acids is 1. The summed E-state index contributed by atoms with van der Waals surface area (Å²) in [5.41, 5.74) is 6.65. The molecule has 0 bridgehead atoms. The Morgan fingerprint density at radius 1 is 1.58 bits per heavy atom. The van der Waals surface area contributed by atoms with E-state index in [1.807, 2.05) is 18.2 Å². The van der Waals surface area contributed by atoms with Crippen LogP contribution in [0.15, 0.2) is 22.7 Å². The fourth-order valence-corrected chi connectivity index (χ4v) is 3.85. The van der Waals surface area contributed by atoms with Gasteiger partial charge in [-0.25, -0.2) is 0 Å². The summed E-state index contributed by atoms with van der Waals surface area (Å²) in [6, 6.07) is 5.42. The van der Waals surface area contributed by atoms with Crippen LogP contribution in [0.3, 0.4) is 0 Å². The first-order valence-electron chi connectivity index (χ1n) is 6.02. The number of nitrogens with two attached hydrogens (primary N) is 1. The van der Waals surface area contributed by atoms with E-state index < -0.39 is 17.6 Å². The van der Waals surface area contributed by atoms with Gasteiger partial charge in [0.1, 0.15) is 11.6 Å². The van der Waals surface area contributed by atoms with Crippen molar-refractivity contribution in [2.75, 3.05) is 6.54 Å². The summed E-state index contributed by atoms with van der Waals surface area (Å²) >= 11 is 3.49. The molecule has 0 amide bonds. The zero-order valence-corrected chi connectivity index (χ0v) is 11.6. The lowest BCUT2D eigenvalue weighted by Crippen LogP contribution is -2.77. The number of carbonyl (C=O) groups is 2. The molecule has 5 nitrogen and oxygen atoms in total. The summed E-state index contributed by atoms with van der Waals surface area (Å²) in [5, 5.41) is 9.36. The summed E-state index contributed by atoms with van der Waals surface area (Å²) < 4.78 is 0.981. The lowest BCUT2D eigenvalue weighted by atomic mass is 9.68. The number of halogens is 1. The van der Waals surface area contributed by atoms with Crippen molar-refractivity contribution in [2.24, 2.45) is 11.7 Å². The van der Waals surface area contributed by atoms with E-state index in [-0.39, 0.29) is 6.04 Å². The highest BCUT2D eigenvalue weighted by atomic mass is 79.9. The molecule has 2 heterocycles.